The van der Waals surface area contributed by atoms with Crippen LogP contribution in [0.25, 0.3) is 22.1 Å². The summed E-state index contributed by atoms with van der Waals surface area (Å²) >= 11 is 1.26. The number of aromatic nitrogens is 4. The summed E-state index contributed by atoms with van der Waals surface area (Å²) in [5.41, 5.74) is 3.57. The molecule has 0 fully saturated rings. The van der Waals surface area contributed by atoms with Gasteiger partial charge in [-0.3, -0.25) is 4.79 Å². The van der Waals surface area contributed by atoms with Crippen LogP contribution in [-0.2, 0) is 4.79 Å². The molecule has 0 unspecified atom stereocenters. The van der Waals surface area contributed by atoms with E-state index in [1.54, 1.807) is 6.08 Å². The Morgan fingerprint density at radius 3 is 3.14 bits per heavy atom. The predicted molar refractivity (Wildman–Crippen MR) is 87.9 cm³/mol. The molecule has 0 bridgehead atoms. The average molecular weight is 313 g/mol. The highest BCUT2D eigenvalue weighted by molar-refractivity contribution is 7.99. The van der Waals surface area contributed by atoms with Crippen LogP contribution in [0.15, 0.2) is 36.0 Å². The minimum atomic E-state index is -0.0825. The normalized spacial score (nSPS) is 11.0. The fourth-order valence-corrected chi connectivity index (χ4v) is 2.72. The standard InChI is InChI=1S/C15H15N5OS/c1-3-6-16-12(21)8-22-15-18-14-13(19-20-15)10-7-9(2)4-5-11(10)17-14/h3-5,7H,1,6,8H2,2H3,(H,16,21)(H,17,18,20). The summed E-state index contributed by atoms with van der Waals surface area (Å²) < 4.78 is 0. The number of nitrogens with one attached hydrogen (secondary N) is 2. The number of benzene rings is 1. The molecule has 0 atom stereocenters. The van der Waals surface area contributed by atoms with Crippen LogP contribution in [0.3, 0.4) is 0 Å². The Balaban J connectivity index is 1.82. The number of aryl methyl sites for hydroxylation is 1. The number of carbonyl (C=O) groups excluding carboxylic acids is 1. The zero-order chi connectivity index (χ0) is 15.5. The Morgan fingerprint density at radius 2 is 2.32 bits per heavy atom. The third-order valence-corrected chi connectivity index (χ3v) is 3.96. The molecule has 3 rings (SSSR count). The number of amides is 1. The second kappa shape index (κ2) is 6.15. The van der Waals surface area contributed by atoms with Gasteiger partial charge in [-0.25, -0.2) is 4.98 Å². The van der Waals surface area contributed by atoms with E-state index in [1.807, 2.05) is 19.1 Å². The van der Waals surface area contributed by atoms with E-state index in [0.29, 0.717) is 17.3 Å². The van der Waals surface area contributed by atoms with Crippen LogP contribution in [0.5, 0.6) is 0 Å². The maximum absolute atomic E-state index is 11.6. The molecule has 0 aliphatic rings. The summed E-state index contributed by atoms with van der Waals surface area (Å²) in [6, 6.07) is 6.09. The predicted octanol–water partition coefficient (Wildman–Crippen LogP) is 2.21. The molecule has 2 N–H and O–H groups in total. The van der Waals surface area contributed by atoms with Crippen LogP contribution in [0.4, 0.5) is 0 Å². The van der Waals surface area contributed by atoms with Crippen LogP contribution in [0.1, 0.15) is 5.56 Å². The van der Waals surface area contributed by atoms with Crippen molar-refractivity contribution in [3.8, 4) is 0 Å². The van der Waals surface area contributed by atoms with Crippen molar-refractivity contribution >= 4 is 39.7 Å². The van der Waals surface area contributed by atoms with E-state index in [4.69, 9.17) is 0 Å². The van der Waals surface area contributed by atoms with Gasteiger partial charge in [0.2, 0.25) is 11.1 Å². The summed E-state index contributed by atoms with van der Waals surface area (Å²) in [6.07, 6.45) is 1.64. The third kappa shape index (κ3) is 2.94. The molecule has 0 spiro atoms. The molecule has 3 aromatic rings. The molecule has 7 heteroatoms. The van der Waals surface area contributed by atoms with Crippen LogP contribution in [0, 0.1) is 6.92 Å². The molecule has 0 aliphatic carbocycles. The van der Waals surface area contributed by atoms with E-state index < -0.39 is 0 Å². The van der Waals surface area contributed by atoms with E-state index in [9.17, 15) is 4.79 Å². The zero-order valence-electron chi connectivity index (χ0n) is 12.1. The fourth-order valence-electron chi connectivity index (χ4n) is 2.10. The molecule has 2 aromatic heterocycles. The molecular weight excluding hydrogens is 298 g/mol. The highest BCUT2D eigenvalue weighted by atomic mass is 32.2. The smallest absolute Gasteiger partial charge is 0.230 e. The van der Waals surface area contributed by atoms with Crippen LogP contribution in [0.2, 0.25) is 0 Å². The number of nitrogens with zero attached hydrogens (tertiary/aromatic N) is 3. The Hall–Kier alpha value is -2.41. The SMILES string of the molecule is C=CCNC(=O)CSc1nnc2c(n1)[nH]c1ccc(C)cc12. The Labute approximate surface area is 131 Å². The molecule has 1 amide bonds. The fraction of sp³-hybridized carbons (Fsp3) is 0.200. The summed E-state index contributed by atoms with van der Waals surface area (Å²) in [7, 11) is 0. The molecule has 6 nitrogen and oxygen atoms in total. The molecule has 2 heterocycles. The van der Waals surface area contributed by atoms with Gasteiger partial charge < -0.3 is 10.3 Å². The zero-order valence-corrected chi connectivity index (χ0v) is 12.9. The van der Waals surface area contributed by atoms with Gasteiger partial charge in [0.1, 0.15) is 5.52 Å². The van der Waals surface area contributed by atoms with E-state index in [2.05, 4.69) is 38.1 Å². The summed E-state index contributed by atoms with van der Waals surface area (Å²) in [5.74, 6) is 0.168. The lowest BCUT2D eigenvalue weighted by molar-refractivity contribution is -0.118. The van der Waals surface area contributed by atoms with Gasteiger partial charge in [-0.1, -0.05) is 29.5 Å². The first-order chi connectivity index (χ1) is 10.7. The second-order valence-corrected chi connectivity index (χ2v) is 5.79. The first-order valence-electron chi connectivity index (χ1n) is 6.80. The number of hydrogen-bond donors (Lipinski definition) is 2. The Morgan fingerprint density at radius 1 is 1.45 bits per heavy atom. The van der Waals surface area contributed by atoms with E-state index in [0.717, 1.165) is 22.0 Å². The molecule has 1 aromatic carbocycles. The maximum Gasteiger partial charge on any atom is 0.230 e. The minimum absolute atomic E-state index is 0.0825. The molecule has 0 radical (unpaired) electrons. The van der Waals surface area contributed by atoms with Crippen molar-refractivity contribution in [3.05, 3.63) is 36.4 Å². The molecule has 112 valence electrons. The molecule has 0 saturated carbocycles. The van der Waals surface area contributed by atoms with Gasteiger partial charge in [0, 0.05) is 17.4 Å². The van der Waals surface area contributed by atoms with Crippen molar-refractivity contribution in [2.75, 3.05) is 12.3 Å². The van der Waals surface area contributed by atoms with E-state index in [-0.39, 0.29) is 11.7 Å². The number of carbonyl (C=O) groups is 1. The monoisotopic (exact) mass is 313 g/mol. The average Bonchev–Trinajstić information content (AvgIpc) is 2.88. The van der Waals surface area contributed by atoms with Crippen LogP contribution >= 0.6 is 11.8 Å². The Bertz CT molecular complexity index is 858. The second-order valence-electron chi connectivity index (χ2n) is 4.85. The van der Waals surface area contributed by atoms with Crippen molar-refractivity contribution in [2.45, 2.75) is 12.1 Å². The van der Waals surface area contributed by atoms with Crippen molar-refractivity contribution in [1.82, 2.24) is 25.5 Å². The van der Waals surface area contributed by atoms with Crippen molar-refractivity contribution in [2.24, 2.45) is 0 Å². The highest BCUT2D eigenvalue weighted by Crippen LogP contribution is 2.24. The topological polar surface area (TPSA) is 83.6 Å². The summed E-state index contributed by atoms with van der Waals surface area (Å²) in [4.78, 5) is 19.2. The number of hydrogen-bond acceptors (Lipinski definition) is 5. The first-order valence-corrected chi connectivity index (χ1v) is 7.79. The van der Waals surface area contributed by atoms with Crippen molar-refractivity contribution in [1.29, 1.82) is 0 Å². The van der Waals surface area contributed by atoms with Crippen molar-refractivity contribution in [3.63, 3.8) is 0 Å². The van der Waals surface area contributed by atoms with Gasteiger partial charge in [0.05, 0.1) is 5.75 Å². The molecular formula is C15H15N5OS. The number of H-pyrrole nitrogens is 1. The lowest BCUT2D eigenvalue weighted by Gasteiger charge is -2.00. The van der Waals surface area contributed by atoms with Crippen LogP contribution < -0.4 is 5.32 Å². The van der Waals surface area contributed by atoms with Crippen molar-refractivity contribution < 1.29 is 4.79 Å². The van der Waals surface area contributed by atoms with Crippen LogP contribution in [-0.4, -0.2) is 38.4 Å². The number of thioether (sulfide) groups is 1. The summed E-state index contributed by atoms with van der Waals surface area (Å²) in [5, 5.41) is 12.5. The third-order valence-electron chi connectivity index (χ3n) is 3.13. The molecule has 22 heavy (non-hydrogen) atoms. The number of rotatable bonds is 5. The lowest BCUT2D eigenvalue weighted by Crippen LogP contribution is -2.25. The maximum atomic E-state index is 11.6. The van der Waals surface area contributed by atoms with Gasteiger partial charge in [0.15, 0.2) is 5.65 Å². The summed E-state index contributed by atoms with van der Waals surface area (Å²) in [6.45, 7) is 6.04. The van der Waals surface area contributed by atoms with E-state index in [1.165, 1.54) is 11.8 Å². The number of aromatic amines is 1. The van der Waals surface area contributed by atoms with Gasteiger partial charge in [-0.2, -0.15) is 0 Å². The lowest BCUT2D eigenvalue weighted by atomic mass is 10.2. The Kier molecular flexibility index (Phi) is 4.06. The van der Waals surface area contributed by atoms with E-state index >= 15 is 0 Å². The highest BCUT2D eigenvalue weighted by Gasteiger charge is 2.10. The van der Waals surface area contributed by atoms with Gasteiger partial charge in [-0.15, -0.1) is 16.8 Å². The van der Waals surface area contributed by atoms with Gasteiger partial charge >= 0.3 is 0 Å². The number of fused-ring (bicyclic) bond motifs is 3. The van der Waals surface area contributed by atoms with Gasteiger partial charge in [-0.05, 0) is 19.1 Å². The first kappa shape index (κ1) is 14.5. The quantitative estimate of drug-likeness (QED) is 0.557. The molecule has 0 aliphatic heterocycles. The molecule has 0 saturated heterocycles. The minimum Gasteiger partial charge on any atom is -0.352 e. The largest absolute Gasteiger partial charge is 0.352 e. The van der Waals surface area contributed by atoms with Gasteiger partial charge in [0.25, 0.3) is 0 Å².